The number of likely N-dealkylation sites (N-methyl/N-ethyl adjacent to an activating group) is 1. The van der Waals surface area contributed by atoms with Crippen LogP contribution in [-0.2, 0) is 19.6 Å². The molecule has 1 N–H and O–H groups in total. The highest BCUT2D eigenvalue weighted by atomic mass is 32.2. The zero-order chi connectivity index (χ0) is 13.8. The highest BCUT2D eigenvalue weighted by molar-refractivity contribution is 7.91. The molecule has 1 aromatic rings. The number of hydrogen-bond acceptors (Lipinski definition) is 6. The van der Waals surface area contributed by atoms with Crippen LogP contribution in [-0.4, -0.2) is 50.1 Å². The number of ether oxygens (including phenoxy) is 1. The third-order valence-electron chi connectivity index (χ3n) is 2.36. The molecule has 1 rings (SSSR count). The maximum Gasteiger partial charge on any atom is 0.326 e. The molecule has 0 bridgehead atoms. The van der Waals surface area contributed by atoms with E-state index in [0.29, 0.717) is 0 Å². The number of aliphatic hydroxyl groups excluding tert-OH is 1. The van der Waals surface area contributed by atoms with Crippen molar-refractivity contribution in [2.45, 2.75) is 17.2 Å². The number of aliphatic hydroxyl groups is 1. The Morgan fingerprint density at radius 3 is 2.67 bits per heavy atom. The predicted octanol–water partition coefficient (Wildman–Crippen LogP) is 0.293. The summed E-state index contributed by atoms with van der Waals surface area (Å²) in [6.07, 6.45) is 0. The SMILES string of the molecule is CCN([C@@H](CO)C(=O)OC)S(=O)(=O)c1cccs1. The topological polar surface area (TPSA) is 83.9 Å². The van der Waals surface area contributed by atoms with Gasteiger partial charge in [0.2, 0.25) is 0 Å². The Labute approximate surface area is 110 Å². The molecule has 8 heteroatoms. The lowest BCUT2D eigenvalue weighted by Crippen LogP contribution is -2.47. The van der Waals surface area contributed by atoms with E-state index in [1.54, 1.807) is 18.4 Å². The number of hydrogen-bond donors (Lipinski definition) is 1. The van der Waals surface area contributed by atoms with Gasteiger partial charge in [-0.2, -0.15) is 4.31 Å². The van der Waals surface area contributed by atoms with Gasteiger partial charge in [0.15, 0.2) is 0 Å². The summed E-state index contributed by atoms with van der Waals surface area (Å²) in [7, 11) is -2.63. The number of nitrogens with zero attached hydrogens (tertiary/aromatic N) is 1. The molecule has 0 radical (unpaired) electrons. The van der Waals surface area contributed by atoms with Crippen LogP contribution < -0.4 is 0 Å². The largest absolute Gasteiger partial charge is 0.468 e. The average molecular weight is 293 g/mol. The summed E-state index contributed by atoms with van der Waals surface area (Å²) < 4.78 is 30.1. The van der Waals surface area contributed by atoms with E-state index < -0.39 is 28.6 Å². The highest BCUT2D eigenvalue weighted by Crippen LogP contribution is 2.22. The van der Waals surface area contributed by atoms with Crippen molar-refractivity contribution >= 4 is 27.3 Å². The summed E-state index contributed by atoms with van der Waals surface area (Å²) in [5.41, 5.74) is 0. The Kier molecular flexibility index (Phi) is 5.27. The van der Waals surface area contributed by atoms with Crippen molar-refractivity contribution in [3.8, 4) is 0 Å². The lowest BCUT2D eigenvalue weighted by atomic mass is 10.3. The molecule has 1 aromatic heterocycles. The maximum absolute atomic E-state index is 12.3. The van der Waals surface area contributed by atoms with Crippen LogP contribution in [0.15, 0.2) is 21.7 Å². The molecule has 0 aromatic carbocycles. The van der Waals surface area contributed by atoms with Gasteiger partial charge < -0.3 is 9.84 Å². The molecule has 6 nitrogen and oxygen atoms in total. The molecule has 0 aliphatic rings. The van der Waals surface area contributed by atoms with E-state index in [-0.39, 0.29) is 10.8 Å². The Balaban J connectivity index is 3.13. The van der Waals surface area contributed by atoms with E-state index in [4.69, 9.17) is 0 Å². The summed E-state index contributed by atoms with van der Waals surface area (Å²) in [5.74, 6) is -0.778. The minimum atomic E-state index is -3.78. The first-order valence-corrected chi connectivity index (χ1v) is 7.55. The van der Waals surface area contributed by atoms with E-state index in [9.17, 15) is 18.3 Å². The molecule has 102 valence electrons. The number of carbonyl (C=O) groups excluding carboxylic acids is 1. The molecule has 0 fully saturated rings. The van der Waals surface area contributed by atoms with Crippen LogP contribution >= 0.6 is 11.3 Å². The fraction of sp³-hybridized carbons (Fsp3) is 0.500. The minimum absolute atomic E-state index is 0.0700. The molecular weight excluding hydrogens is 278 g/mol. The van der Waals surface area contributed by atoms with Crippen molar-refractivity contribution in [3.05, 3.63) is 17.5 Å². The number of sulfonamides is 1. The second kappa shape index (κ2) is 6.28. The van der Waals surface area contributed by atoms with Gasteiger partial charge >= 0.3 is 5.97 Å². The second-order valence-corrected chi connectivity index (χ2v) is 6.43. The van der Waals surface area contributed by atoms with E-state index in [0.717, 1.165) is 22.8 Å². The molecule has 0 amide bonds. The van der Waals surface area contributed by atoms with Gasteiger partial charge in [0, 0.05) is 6.54 Å². The van der Waals surface area contributed by atoms with Gasteiger partial charge in [0.25, 0.3) is 10.0 Å². The van der Waals surface area contributed by atoms with Gasteiger partial charge in [0.05, 0.1) is 13.7 Å². The molecular formula is C10H15NO5S2. The Morgan fingerprint density at radius 2 is 2.28 bits per heavy atom. The van der Waals surface area contributed by atoms with Gasteiger partial charge in [-0.15, -0.1) is 11.3 Å². The molecule has 0 saturated carbocycles. The molecule has 0 aliphatic heterocycles. The van der Waals surface area contributed by atoms with Crippen molar-refractivity contribution in [1.29, 1.82) is 0 Å². The van der Waals surface area contributed by atoms with Crippen LogP contribution in [0, 0.1) is 0 Å². The molecule has 0 saturated heterocycles. The average Bonchev–Trinajstić information content (AvgIpc) is 2.88. The maximum atomic E-state index is 12.3. The Morgan fingerprint density at radius 1 is 1.61 bits per heavy atom. The zero-order valence-corrected chi connectivity index (χ0v) is 11.7. The first-order chi connectivity index (χ1) is 8.48. The van der Waals surface area contributed by atoms with Crippen LogP contribution in [0.5, 0.6) is 0 Å². The van der Waals surface area contributed by atoms with Gasteiger partial charge in [-0.05, 0) is 11.4 Å². The summed E-state index contributed by atoms with van der Waals surface area (Å²) in [6.45, 7) is 1.04. The van der Waals surface area contributed by atoms with E-state index >= 15 is 0 Å². The minimum Gasteiger partial charge on any atom is -0.468 e. The van der Waals surface area contributed by atoms with Crippen LogP contribution in [0.25, 0.3) is 0 Å². The lowest BCUT2D eigenvalue weighted by molar-refractivity contribution is -0.146. The summed E-state index contributed by atoms with van der Waals surface area (Å²) in [6, 6.07) is 1.85. The standard InChI is InChI=1S/C10H15NO5S2/c1-3-11(8(7-12)10(13)16-2)18(14,15)9-5-4-6-17-9/h4-6,8,12H,3,7H2,1-2H3/t8-/m0/s1. The molecule has 0 spiro atoms. The number of esters is 1. The smallest absolute Gasteiger partial charge is 0.326 e. The first kappa shape index (κ1) is 15.1. The molecule has 1 heterocycles. The molecule has 0 unspecified atom stereocenters. The van der Waals surface area contributed by atoms with E-state index in [1.807, 2.05) is 0 Å². The highest BCUT2D eigenvalue weighted by Gasteiger charge is 2.35. The molecule has 1 atom stereocenters. The van der Waals surface area contributed by atoms with Crippen molar-refractivity contribution in [3.63, 3.8) is 0 Å². The van der Waals surface area contributed by atoms with Gasteiger partial charge in [0.1, 0.15) is 10.3 Å². The second-order valence-electron chi connectivity index (χ2n) is 3.36. The lowest BCUT2D eigenvalue weighted by Gasteiger charge is -2.25. The fourth-order valence-electron chi connectivity index (χ4n) is 1.50. The monoisotopic (exact) mass is 293 g/mol. The quantitative estimate of drug-likeness (QED) is 0.762. The van der Waals surface area contributed by atoms with Crippen LogP contribution in [0.1, 0.15) is 6.92 Å². The van der Waals surface area contributed by atoms with Crippen molar-refractivity contribution in [1.82, 2.24) is 4.31 Å². The number of rotatable bonds is 6. The third kappa shape index (κ3) is 2.89. The van der Waals surface area contributed by atoms with Crippen molar-refractivity contribution < 1.29 is 23.1 Å². The summed E-state index contributed by atoms with van der Waals surface area (Å²) >= 11 is 1.06. The zero-order valence-electron chi connectivity index (χ0n) is 10.1. The van der Waals surface area contributed by atoms with Crippen molar-refractivity contribution in [2.75, 3.05) is 20.3 Å². The van der Waals surface area contributed by atoms with Gasteiger partial charge in [-0.1, -0.05) is 13.0 Å². The number of carbonyl (C=O) groups is 1. The molecule has 18 heavy (non-hydrogen) atoms. The number of methoxy groups -OCH3 is 1. The Bertz CT molecular complexity index is 482. The predicted molar refractivity (Wildman–Crippen MR) is 66.8 cm³/mol. The van der Waals surface area contributed by atoms with E-state index in [1.165, 1.54) is 6.07 Å². The third-order valence-corrected chi connectivity index (χ3v) is 5.72. The summed E-state index contributed by atoms with van der Waals surface area (Å²) in [4.78, 5) is 11.5. The van der Waals surface area contributed by atoms with Crippen LogP contribution in [0.2, 0.25) is 0 Å². The number of thiophene rings is 1. The van der Waals surface area contributed by atoms with Crippen molar-refractivity contribution in [2.24, 2.45) is 0 Å². The fourth-order valence-corrected chi connectivity index (χ4v) is 4.20. The van der Waals surface area contributed by atoms with Gasteiger partial charge in [-0.3, -0.25) is 4.79 Å². The van der Waals surface area contributed by atoms with Crippen LogP contribution in [0.4, 0.5) is 0 Å². The Hall–Kier alpha value is -0.960. The normalized spacial score (nSPS) is 13.6. The van der Waals surface area contributed by atoms with Crippen LogP contribution in [0.3, 0.4) is 0 Å². The first-order valence-electron chi connectivity index (χ1n) is 5.23. The summed E-state index contributed by atoms with van der Waals surface area (Å²) in [5, 5.41) is 10.8. The van der Waals surface area contributed by atoms with Gasteiger partial charge in [-0.25, -0.2) is 8.42 Å². The van der Waals surface area contributed by atoms with E-state index in [2.05, 4.69) is 4.74 Å². The molecule has 0 aliphatic carbocycles.